The number of piperazine rings is 1. The Bertz CT molecular complexity index is 1350. The Morgan fingerprint density at radius 3 is 2.38 bits per heavy atom. The number of aryl methyl sites for hydroxylation is 1. The molecule has 0 N–H and O–H groups in total. The fourth-order valence-corrected chi connectivity index (χ4v) is 4.41. The number of amides is 1. The highest BCUT2D eigenvalue weighted by atomic mass is 16.3. The topological polar surface area (TPSA) is 71.6 Å². The van der Waals surface area contributed by atoms with Crippen molar-refractivity contribution in [2.24, 2.45) is 0 Å². The van der Waals surface area contributed by atoms with E-state index in [0.717, 1.165) is 22.8 Å². The van der Waals surface area contributed by atoms with Gasteiger partial charge in [0.2, 0.25) is 0 Å². The number of para-hydroxylation sites is 2. The monoisotopic (exact) mass is 428 g/mol. The second kappa shape index (κ2) is 8.00. The lowest BCUT2D eigenvalue weighted by Crippen LogP contribution is -2.49. The van der Waals surface area contributed by atoms with E-state index in [1.54, 1.807) is 29.2 Å². The van der Waals surface area contributed by atoms with E-state index in [1.165, 1.54) is 6.07 Å². The highest BCUT2D eigenvalue weighted by molar-refractivity contribution is 5.93. The smallest absolute Gasteiger partial charge is 0.289 e. The third-order valence-corrected chi connectivity index (χ3v) is 5.98. The van der Waals surface area contributed by atoms with Crippen molar-refractivity contribution in [3.63, 3.8) is 0 Å². The zero-order valence-corrected chi connectivity index (χ0v) is 18.1. The average Bonchev–Trinajstić information content (AvgIpc) is 3.13. The first-order valence-corrected chi connectivity index (χ1v) is 10.7. The molecule has 162 valence electrons. The van der Waals surface area contributed by atoms with Crippen molar-refractivity contribution >= 4 is 22.6 Å². The van der Waals surface area contributed by atoms with Crippen LogP contribution in [-0.2, 0) is 0 Å². The highest BCUT2D eigenvalue weighted by Crippen LogP contribution is 2.28. The summed E-state index contributed by atoms with van der Waals surface area (Å²) in [7, 11) is 0. The molecule has 0 spiro atoms. The Kier molecular flexibility index (Phi) is 5.01. The zero-order chi connectivity index (χ0) is 22.2. The second-order valence-corrected chi connectivity index (χ2v) is 8.02. The molecule has 1 aliphatic heterocycles. The highest BCUT2D eigenvalue weighted by Gasteiger charge is 2.27. The zero-order valence-electron chi connectivity index (χ0n) is 18.1. The molecular weight excluding hydrogens is 404 g/mol. The molecule has 0 atom stereocenters. The molecule has 5 rings (SSSR count). The normalized spacial score (nSPS) is 14.2. The Hall–Kier alpha value is -3.87. The van der Waals surface area contributed by atoms with Gasteiger partial charge in [0, 0.05) is 32.2 Å². The van der Waals surface area contributed by atoms with Gasteiger partial charge in [-0.3, -0.25) is 9.59 Å². The van der Waals surface area contributed by atoms with E-state index < -0.39 is 0 Å². The minimum absolute atomic E-state index is 0.0893. The molecule has 2 aromatic carbocycles. The molecular formula is C25H24N4O3. The molecule has 7 heteroatoms. The van der Waals surface area contributed by atoms with Gasteiger partial charge in [-0.1, -0.05) is 30.3 Å². The first kappa shape index (κ1) is 20.1. The third kappa shape index (κ3) is 3.45. The van der Waals surface area contributed by atoms with Crippen LogP contribution in [0.2, 0.25) is 0 Å². The molecule has 32 heavy (non-hydrogen) atoms. The van der Waals surface area contributed by atoms with Crippen LogP contribution in [0.3, 0.4) is 0 Å². The van der Waals surface area contributed by atoms with Gasteiger partial charge in [0.25, 0.3) is 5.91 Å². The molecule has 0 unspecified atom stereocenters. The standard InChI is InChI=1S/C25H24N4O3/c1-17-24(18(2)29(26-17)19-8-4-3-5-9-19)27-12-14-28(15-13-27)25(31)23-16-21(30)20-10-6-7-11-22(20)32-23/h3-11,16H,12-15H2,1-2H3. The van der Waals surface area contributed by atoms with Crippen molar-refractivity contribution in [3.05, 3.63) is 88.0 Å². The number of fused-ring (bicyclic) bond motifs is 1. The SMILES string of the molecule is Cc1nn(-c2ccccc2)c(C)c1N1CCN(C(=O)c2cc(=O)c3ccccc3o2)CC1. The van der Waals surface area contributed by atoms with Gasteiger partial charge in [0.15, 0.2) is 11.2 Å². The molecule has 3 heterocycles. The van der Waals surface area contributed by atoms with Crippen LogP contribution in [0, 0.1) is 13.8 Å². The fourth-order valence-electron chi connectivity index (χ4n) is 4.41. The van der Waals surface area contributed by atoms with Crippen LogP contribution in [0.1, 0.15) is 21.9 Å². The average molecular weight is 428 g/mol. The Balaban J connectivity index is 1.34. The van der Waals surface area contributed by atoms with E-state index in [9.17, 15) is 9.59 Å². The summed E-state index contributed by atoms with van der Waals surface area (Å²) in [6.07, 6.45) is 0. The molecule has 2 aromatic heterocycles. The second-order valence-electron chi connectivity index (χ2n) is 8.02. The summed E-state index contributed by atoms with van der Waals surface area (Å²) in [6.45, 7) is 6.56. The van der Waals surface area contributed by atoms with E-state index in [0.29, 0.717) is 37.1 Å². The number of hydrogen-bond acceptors (Lipinski definition) is 5. The Morgan fingerprint density at radius 2 is 1.62 bits per heavy atom. The molecule has 1 saturated heterocycles. The molecule has 1 aliphatic rings. The molecule has 0 radical (unpaired) electrons. The summed E-state index contributed by atoms with van der Waals surface area (Å²) in [5, 5.41) is 5.22. The maximum atomic E-state index is 13.0. The molecule has 1 fully saturated rings. The number of carbonyl (C=O) groups is 1. The van der Waals surface area contributed by atoms with Crippen LogP contribution in [0.5, 0.6) is 0 Å². The lowest BCUT2D eigenvalue weighted by molar-refractivity contribution is 0.0715. The summed E-state index contributed by atoms with van der Waals surface area (Å²) in [5.41, 5.74) is 4.41. The van der Waals surface area contributed by atoms with E-state index in [-0.39, 0.29) is 17.1 Å². The van der Waals surface area contributed by atoms with Gasteiger partial charge in [-0.2, -0.15) is 5.10 Å². The molecule has 0 saturated carbocycles. The molecule has 1 amide bonds. The van der Waals surface area contributed by atoms with Crippen molar-refractivity contribution in [1.82, 2.24) is 14.7 Å². The molecule has 4 aromatic rings. The van der Waals surface area contributed by atoms with Gasteiger partial charge in [0.1, 0.15) is 5.58 Å². The number of rotatable bonds is 3. The lowest BCUT2D eigenvalue weighted by Gasteiger charge is -2.36. The predicted octanol–water partition coefficient (Wildman–Crippen LogP) is 3.56. The molecule has 0 aliphatic carbocycles. The summed E-state index contributed by atoms with van der Waals surface area (Å²) >= 11 is 0. The summed E-state index contributed by atoms with van der Waals surface area (Å²) in [5.74, 6) is -0.160. The van der Waals surface area contributed by atoms with Gasteiger partial charge in [-0.25, -0.2) is 4.68 Å². The van der Waals surface area contributed by atoms with Crippen LogP contribution in [0.4, 0.5) is 5.69 Å². The van der Waals surface area contributed by atoms with E-state index in [4.69, 9.17) is 9.52 Å². The summed E-state index contributed by atoms with van der Waals surface area (Å²) in [6, 6.07) is 18.4. The number of carbonyl (C=O) groups excluding carboxylic acids is 1. The van der Waals surface area contributed by atoms with E-state index in [1.807, 2.05) is 41.9 Å². The number of anilines is 1. The first-order chi connectivity index (χ1) is 15.5. The van der Waals surface area contributed by atoms with E-state index in [2.05, 4.69) is 11.8 Å². The van der Waals surface area contributed by atoms with Crippen LogP contribution in [0.25, 0.3) is 16.7 Å². The van der Waals surface area contributed by atoms with Crippen molar-refractivity contribution in [1.29, 1.82) is 0 Å². The molecule has 0 bridgehead atoms. The van der Waals surface area contributed by atoms with Crippen molar-refractivity contribution in [2.45, 2.75) is 13.8 Å². The van der Waals surface area contributed by atoms with Crippen LogP contribution in [0.15, 0.2) is 69.9 Å². The minimum Gasteiger partial charge on any atom is -0.451 e. The first-order valence-electron chi connectivity index (χ1n) is 10.7. The lowest BCUT2D eigenvalue weighted by atomic mass is 10.2. The predicted molar refractivity (Wildman–Crippen MR) is 124 cm³/mol. The van der Waals surface area contributed by atoms with Crippen LogP contribution >= 0.6 is 0 Å². The van der Waals surface area contributed by atoms with Gasteiger partial charge in [-0.05, 0) is 38.1 Å². The fraction of sp³-hybridized carbons (Fsp3) is 0.240. The van der Waals surface area contributed by atoms with Crippen molar-refractivity contribution < 1.29 is 9.21 Å². The van der Waals surface area contributed by atoms with Crippen LogP contribution in [-0.4, -0.2) is 46.8 Å². The quantitative estimate of drug-likeness (QED) is 0.499. The number of nitrogens with zero attached hydrogens (tertiary/aromatic N) is 4. The van der Waals surface area contributed by atoms with Gasteiger partial charge < -0.3 is 14.2 Å². The van der Waals surface area contributed by atoms with Crippen LogP contribution < -0.4 is 10.3 Å². The van der Waals surface area contributed by atoms with Gasteiger partial charge in [0.05, 0.1) is 28.1 Å². The van der Waals surface area contributed by atoms with Gasteiger partial charge in [-0.15, -0.1) is 0 Å². The maximum absolute atomic E-state index is 13.0. The number of aromatic nitrogens is 2. The van der Waals surface area contributed by atoms with Gasteiger partial charge >= 0.3 is 0 Å². The third-order valence-electron chi connectivity index (χ3n) is 5.98. The maximum Gasteiger partial charge on any atom is 0.289 e. The van der Waals surface area contributed by atoms with E-state index >= 15 is 0 Å². The Labute approximate surface area is 185 Å². The number of hydrogen-bond donors (Lipinski definition) is 0. The minimum atomic E-state index is -0.249. The number of benzene rings is 2. The molecule has 7 nitrogen and oxygen atoms in total. The summed E-state index contributed by atoms with van der Waals surface area (Å²) in [4.78, 5) is 29.4. The largest absolute Gasteiger partial charge is 0.451 e. The summed E-state index contributed by atoms with van der Waals surface area (Å²) < 4.78 is 7.71. The van der Waals surface area contributed by atoms with Crippen molar-refractivity contribution in [3.8, 4) is 5.69 Å². The van der Waals surface area contributed by atoms with Crippen molar-refractivity contribution in [2.75, 3.05) is 31.1 Å². The Morgan fingerprint density at radius 1 is 0.938 bits per heavy atom.